The Morgan fingerprint density at radius 2 is 1.26 bits per heavy atom. The van der Waals surface area contributed by atoms with Crippen molar-refractivity contribution in [3.63, 3.8) is 0 Å². The Morgan fingerprint density at radius 1 is 0.778 bits per heavy atom. The maximum absolute atomic E-state index is 11.9. The van der Waals surface area contributed by atoms with Gasteiger partial charge in [-0.15, -0.1) is 0 Å². The van der Waals surface area contributed by atoms with Gasteiger partial charge in [0, 0.05) is 12.8 Å². The number of rotatable bonds is 12. The molecule has 0 spiro atoms. The lowest BCUT2D eigenvalue weighted by Crippen LogP contribution is -2.07. The van der Waals surface area contributed by atoms with Gasteiger partial charge in [0.1, 0.15) is 6.26 Å². The number of allylic oxidation sites excluding steroid dienone is 1. The van der Waals surface area contributed by atoms with Crippen molar-refractivity contribution in [2.45, 2.75) is 99.3 Å². The Morgan fingerprint density at radius 3 is 1.78 bits per heavy atom. The molecule has 4 heteroatoms. The van der Waals surface area contributed by atoms with E-state index in [0.717, 1.165) is 44.9 Å². The molecule has 4 nitrogen and oxygen atoms in total. The molecule has 0 fully saturated rings. The molecular weight excluding hydrogens is 340 g/mol. The second-order valence-corrected chi connectivity index (χ2v) is 9.58. The van der Waals surface area contributed by atoms with Crippen LogP contribution in [0.4, 0.5) is 0 Å². The van der Waals surface area contributed by atoms with Crippen LogP contribution in [-0.4, -0.2) is 11.9 Å². The summed E-state index contributed by atoms with van der Waals surface area (Å²) >= 11 is 0. The summed E-state index contributed by atoms with van der Waals surface area (Å²) in [4.78, 5) is 23.6. The van der Waals surface area contributed by atoms with Gasteiger partial charge in [-0.2, -0.15) is 0 Å². The van der Waals surface area contributed by atoms with E-state index in [-0.39, 0.29) is 23.1 Å². The zero-order valence-electron chi connectivity index (χ0n) is 18.4. The maximum atomic E-state index is 11.9. The van der Waals surface area contributed by atoms with Gasteiger partial charge in [-0.25, -0.2) is 0 Å². The van der Waals surface area contributed by atoms with Gasteiger partial charge < -0.3 is 9.47 Å². The summed E-state index contributed by atoms with van der Waals surface area (Å²) in [5.74, 6) is -0.461. The van der Waals surface area contributed by atoms with Gasteiger partial charge in [0.2, 0.25) is 0 Å². The first-order valence-corrected chi connectivity index (χ1v) is 10.2. The number of hydrogen-bond donors (Lipinski definition) is 0. The third-order valence-electron chi connectivity index (χ3n) is 4.10. The standard InChI is InChI=1S/C23H40O4/c1-8-19(18-26-20(24)14-11-13-17-23(5,6)7)27-21(25)15-10-9-12-16-22(2,3)4/h8,18H,1,9-17H2,2-7H3/b19-18+. The molecule has 0 aromatic carbocycles. The van der Waals surface area contributed by atoms with Crippen LogP contribution in [0, 0.1) is 10.8 Å². The lowest BCUT2D eigenvalue weighted by atomic mass is 9.89. The van der Waals surface area contributed by atoms with E-state index < -0.39 is 0 Å². The summed E-state index contributed by atoms with van der Waals surface area (Å²) in [5.41, 5.74) is 0.608. The SMILES string of the molecule is C=C/C(=C\OC(=O)CCCCC(C)(C)C)OC(=O)CCCCCC(C)(C)C. The van der Waals surface area contributed by atoms with Gasteiger partial charge in [-0.05, 0) is 42.6 Å². The first-order valence-electron chi connectivity index (χ1n) is 10.2. The fourth-order valence-electron chi connectivity index (χ4n) is 2.51. The van der Waals surface area contributed by atoms with Crippen LogP contribution < -0.4 is 0 Å². The summed E-state index contributed by atoms with van der Waals surface area (Å²) in [5, 5.41) is 0. The fourth-order valence-corrected chi connectivity index (χ4v) is 2.51. The minimum Gasteiger partial charge on any atom is -0.431 e. The van der Waals surface area contributed by atoms with Crippen molar-refractivity contribution in [3.8, 4) is 0 Å². The topological polar surface area (TPSA) is 52.6 Å². The molecule has 0 unspecified atom stereocenters. The maximum Gasteiger partial charge on any atom is 0.311 e. The van der Waals surface area contributed by atoms with Crippen LogP contribution in [0.15, 0.2) is 24.7 Å². The Balaban J connectivity index is 4.04. The molecule has 0 amide bonds. The van der Waals surface area contributed by atoms with Gasteiger partial charge in [0.05, 0.1) is 0 Å². The minimum absolute atomic E-state index is 0.178. The third kappa shape index (κ3) is 17.6. The molecule has 27 heavy (non-hydrogen) atoms. The van der Waals surface area contributed by atoms with E-state index in [9.17, 15) is 9.59 Å². The van der Waals surface area contributed by atoms with E-state index in [1.54, 1.807) is 0 Å². The molecule has 0 aliphatic rings. The first kappa shape index (κ1) is 25.4. The second kappa shape index (κ2) is 12.7. The Labute approximate surface area is 166 Å². The van der Waals surface area contributed by atoms with Crippen molar-refractivity contribution in [1.29, 1.82) is 0 Å². The third-order valence-corrected chi connectivity index (χ3v) is 4.10. The molecule has 0 heterocycles. The van der Waals surface area contributed by atoms with Crippen LogP contribution >= 0.6 is 0 Å². The van der Waals surface area contributed by atoms with Crippen LogP contribution in [0.25, 0.3) is 0 Å². The lowest BCUT2D eigenvalue weighted by Gasteiger charge is -2.17. The molecule has 0 aromatic rings. The van der Waals surface area contributed by atoms with Gasteiger partial charge >= 0.3 is 11.9 Å². The highest BCUT2D eigenvalue weighted by Gasteiger charge is 2.12. The Kier molecular flexibility index (Phi) is 12.0. The smallest absolute Gasteiger partial charge is 0.311 e. The monoisotopic (exact) mass is 380 g/mol. The zero-order valence-corrected chi connectivity index (χ0v) is 18.4. The number of hydrogen-bond acceptors (Lipinski definition) is 4. The first-order chi connectivity index (χ1) is 12.4. The number of unbranched alkanes of at least 4 members (excludes halogenated alkanes) is 3. The molecule has 0 atom stereocenters. The van der Waals surface area contributed by atoms with E-state index in [4.69, 9.17) is 9.47 Å². The van der Waals surface area contributed by atoms with Gasteiger partial charge in [0.25, 0.3) is 0 Å². The number of carbonyl (C=O) groups is 2. The highest BCUT2D eigenvalue weighted by atomic mass is 16.6. The average molecular weight is 381 g/mol. The lowest BCUT2D eigenvalue weighted by molar-refractivity contribution is -0.142. The molecule has 0 aromatic heterocycles. The average Bonchev–Trinajstić information content (AvgIpc) is 2.53. The number of ether oxygens (including phenoxy) is 2. The van der Waals surface area contributed by atoms with Crippen LogP contribution in [0.1, 0.15) is 99.3 Å². The number of esters is 2. The zero-order chi connectivity index (χ0) is 20.9. The van der Waals surface area contributed by atoms with Crippen molar-refractivity contribution < 1.29 is 19.1 Å². The summed E-state index contributed by atoms with van der Waals surface area (Å²) in [6.07, 6.45) is 10.2. The molecule has 0 aliphatic carbocycles. The fraction of sp³-hybridized carbons (Fsp3) is 0.739. The van der Waals surface area contributed by atoms with Crippen LogP contribution in [0.2, 0.25) is 0 Å². The van der Waals surface area contributed by atoms with E-state index in [2.05, 4.69) is 48.1 Å². The minimum atomic E-state index is -0.321. The van der Waals surface area contributed by atoms with Crippen LogP contribution in [0.3, 0.4) is 0 Å². The van der Waals surface area contributed by atoms with E-state index in [0.29, 0.717) is 18.3 Å². The molecular formula is C23H40O4. The van der Waals surface area contributed by atoms with Crippen molar-refractivity contribution >= 4 is 11.9 Å². The highest BCUT2D eigenvalue weighted by Crippen LogP contribution is 2.23. The summed E-state index contributed by atoms with van der Waals surface area (Å²) in [7, 11) is 0. The summed E-state index contributed by atoms with van der Waals surface area (Å²) < 4.78 is 10.3. The van der Waals surface area contributed by atoms with E-state index in [1.165, 1.54) is 12.3 Å². The molecule has 156 valence electrons. The Hall–Kier alpha value is -1.58. The summed E-state index contributed by atoms with van der Waals surface area (Å²) in [6.45, 7) is 16.8. The normalized spacial score (nSPS) is 12.6. The van der Waals surface area contributed by atoms with Gasteiger partial charge in [-0.1, -0.05) is 67.4 Å². The summed E-state index contributed by atoms with van der Waals surface area (Å²) in [6, 6.07) is 0. The van der Waals surface area contributed by atoms with Crippen molar-refractivity contribution in [3.05, 3.63) is 24.7 Å². The van der Waals surface area contributed by atoms with Crippen LogP contribution in [-0.2, 0) is 19.1 Å². The molecule has 0 radical (unpaired) electrons. The molecule has 0 bridgehead atoms. The molecule has 0 saturated carbocycles. The van der Waals surface area contributed by atoms with Gasteiger partial charge in [-0.3, -0.25) is 9.59 Å². The van der Waals surface area contributed by atoms with E-state index >= 15 is 0 Å². The molecule has 0 N–H and O–H groups in total. The van der Waals surface area contributed by atoms with Crippen molar-refractivity contribution in [1.82, 2.24) is 0 Å². The quantitative estimate of drug-likeness (QED) is 0.163. The highest BCUT2D eigenvalue weighted by molar-refractivity contribution is 5.71. The predicted molar refractivity (Wildman–Crippen MR) is 111 cm³/mol. The second-order valence-electron chi connectivity index (χ2n) is 9.58. The van der Waals surface area contributed by atoms with Crippen LogP contribution in [0.5, 0.6) is 0 Å². The predicted octanol–water partition coefficient (Wildman–Crippen LogP) is 6.70. The van der Waals surface area contributed by atoms with E-state index in [1.807, 2.05) is 0 Å². The van der Waals surface area contributed by atoms with Gasteiger partial charge in [0.15, 0.2) is 5.76 Å². The Bertz CT molecular complexity index is 489. The largest absolute Gasteiger partial charge is 0.431 e. The molecule has 0 saturated heterocycles. The number of carbonyl (C=O) groups excluding carboxylic acids is 2. The van der Waals surface area contributed by atoms with Crippen molar-refractivity contribution in [2.75, 3.05) is 0 Å². The molecule has 0 aliphatic heterocycles. The molecule has 0 rings (SSSR count). The van der Waals surface area contributed by atoms with Crippen molar-refractivity contribution in [2.24, 2.45) is 10.8 Å².